The van der Waals surface area contributed by atoms with Crippen LogP contribution in [0.5, 0.6) is 0 Å². The molecule has 7 nitrogen and oxygen atoms in total. The minimum absolute atomic E-state index is 0.0547. The van der Waals surface area contributed by atoms with Crippen LogP contribution in [0.25, 0.3) is 5.69 Å². The molecule has 24 heavy (non-hydrogen) atoms. The lowest BCUT2D eigenvalue weighted by molar-refractivity contribution is -0.120. The van der Waals surface area contributed by atoms with Gasteiger partial charge in [0.15, 0.2) is 0 Å². The molecule has 1 fully saturated rings. The van der Waals surface area contributed by atoms with Crippen molar-refractivity contribution in [2.75, 3.05) is 18.4 Å². The molecule has 1 aliphatic rings. The average molecular weight is 328 g/mol. The molecule has 7 heteroatoms. The summed E-state index contributed by atoms with van der Waals surface area (Å²) in [4.78, 5) is 15.0. The summed E-state index contributed by atoms with van der Waals surface area (Å²) in [5.74, 6) is 0.0608. The van der Waals surface area contributed by atoms with E-state index in [9.17, 15) is 4.79 Å². The lowest BCUT2D eigenvalue weighted by atomic mass is 9.95. The largest absolute Gasteiger partial charge is 0.325 e. The second-order valence-corrected chi connectivity index (χ2v) is 7.48. The van der Waals surface area contributed by atoms with Crippen LogP contribution in [0.15, 0.2) is 30.6 Å². The quantitative estimate of drug-likeness (QED) is 0.930. The lowest BCUT2D eigenvalue weighted by Crippen LogP contribution is -2.43. The van der Waals surface area contributed by atoms with E-state index in [1.807, 2.05) is 24.3 Å². The first-order valence-corrected chi connectivity index (χ1v) is 8.31. The number of benzene rings is 1. The molecule has 3 rings (SSSR count). The molecular formula is C17H24N6O. The monoisotopic (exact) mass is 328 g/mol. The van der Waals surface area contributed by atoms with Crippen molar-refractivity contribution in [1.82, 2.24) is 25.1 Å². The Balaban J connectivity index is 1.69. The van der Waals surface area contributed by atoms with Gasteiger partial charge in [0.1, 0.15) is 6.33 Å². The smallest absolute Gasteiger partial charge is 0.241 e. The number of aromatic nitrogens is 4. The summed E-state index contributed by atoms with van der Waals surface area (Å²) in [7, 11) is 0. The van der Waals surface area contributed by atoms with E-state index in [-0.39, 0.29) is 17.4 Å². The molecule has 1 N–H and O–H groups in total. The highest BCUT2D eigenvalue weighted by Gasteiger charge is 2.32. The Morgan fingerprint density at radius 1 is 1.38 bits per heavy atom. The van der Waals surface area contributed by atoms with E-state index < -0.39 is 0 Å². The van der Waals surface area contributed by atoms with Gasteiger partial charge < -0.3 is 5.32 Å². The van der Waals surface area contributed by atoms with Crippen LogP contribution in [0, 0.1) is 5.41 Å². The molecule has 1 amide bonds. The summed E-state index contributed by atoms with van der Waals surface area (Å²) in [6.07, 6.45) is 3.51. The molecule has 0 radical (unpaired) electrons. The van der Waals surface area contributed by atoms with Gasteiger partial charge in [-0.3, -0.25) is 9.69 Å². The number of rotatable bonds is 4. The van der Waals surface area contributed by atoms with Crippen LogP contribution in [-0.2, 0) is 4.79 Å². The molecule has 0 saturated carbocycles. The van der Waals surface area contributed by atoms with Crippen molar-refractivity contribution < 1.29 is 4.79 Å². The number of hydrogen-bond donors (Lipinski definition) is 1. The van der Waals surface area contributed by atoms with E-state index in [4.69, 9.17) is 0 Å². The number of anilines is 1. The number of carbonyl (C=O) groups excluding carboxylic acids is 1. The number of nitrogens with one attached hydrogen (secondary N) is 1. The SMILES string of the molecule is CC(C)(C)CN1CCCC1C(=O)Nc1cccc(-n2cnnn2)c1. The Kier molecular flexibility index (Phi) is 4.62. The van der Waals surface area contributed by atoms with E-state index in [1.54, 1.807) is 4.68 Å². The maximum Gasteiger partial charge on any atom is 0.241 e. The highest BCUT2D eigenvalue weighted by atomic mass is 16.2. The zero-order chi connectivity index (χ0) is 17.2. The van der Waals surface area contributed by atoms with Crippen LogP contribution in [0.1, 0.15) is 33.6 Å². The fourth-order valence-electron chi connectivity index (χ4n) is 3.15. The van der Waals surface area contributed by atoms with Gasteiger partial charge in [0.25, 0.3) is 0 Å². The van der Waals surface area contributed by atoms with E-state index in [2.05, 4.69) is 46.5 Å². The minimum atomic E-state index is -0.0547. The van der Waals surface area contributed by atoms with Gasteiger partial charge in [-0.2, -0.15) is 0 Å². The number of carbonyl (C=O) groups is 1. The first kappa shape index (κ1) is 16.6. The Hall–Kier alpha value is -2.28. The molecular weight excluding hydrogens is 304 g/mol. The number of tetrazole rings is 1. The summed E-state index contributed by atoms with van der Waals surface area (Å²) in [6, 6.07) is 7.48. The number of hydrogen-bond acceptors (Lipinski definition) is 5. The Bertz CT molecular complexity index is 691. The van der Waals surface area contributed by atoms with Crippen LogP contribution >= 0.6 is 0 Å². The number of nitrogens with zero attached hydrogens (tertiary/aromatic N) is 5. The first-order chi connectivity index (χ1) is 11.4. The molecule has 0 spiro atoms. The fraction of sp³-hybridized carbons (Fsp3) is 0.529. The molecule has 1 atom stereocenters. The van der Waals surface area contributed by atoms with Gasteiger partial charge in [-0.25, -0.2) is 4.68 Å². The molecule has 0 bridgehead atoms. The highest BCUT2D eigenvalue weighted by molar-refractivity contribution is 5.95. The molecule has 1 aromatic carbocycles. The van der Waals surface area contributed by atoms with Crippen molar-refractivity contribution in [3.63, 3.8) is 0 Å². The van der Waals surface area contributed by atoms with E-state index in [1.165, 1.54) is 6.33 Å². The highest BCUT2D eigenvalue weighted by Crippen LogP contribution is 2.25. The molecule has 1 unspecified atom stereocenters. The third kappa shape index (κ3) is 3.97. The van der Waals surface area contributed by atoms with Crippen LogP contribution in [0.2, 0.25) is 0 Å². The predicted octanol–water partition coefficient (Wildman–Crippen LogP) is 2.11. The van der Waals surface area contributed by atoms with Crippen LogP contribution in [0.3, 0.4) is 0 Å². The van der Waals surface area contributed by atoms with Crippen molar-refractivity contribution in [3.8, 4) is 5.69 Å². The third-order valence-electron chi connectivity index (χ3n) is 4.07. The fourth-order valence-corrected chi connectivity index (χ4v) is 3.15. The Labute approximate surface area is 142 Å². The van der Waals surface area contributed by atoms with E-state index in [0.29, 0.717) is 0 Å². The molecule has 2 aromatic rings. The predicted molar refractivity (Wildman–Crippen MR) is 91.8 cm³/mol. The number of likely N-dealkylation sites (tertiary alicyclic amines) is 1. The van der Waals surface area contributed by atoms with Crippen molar-refractivity contribution in [2.24, 2.45) is 5.41 Å². The van der Waals surface area contributed by atoms with Crippen molar-refractivity contribution in [2.45, 2.75) is 39.7 Å². The minimum Gasteiger partial charge on any atom is -0.325 e. The summed E-state index contributed by atoms with van der Waals surface area (Å²) < 4.78 is 1.57. The Morgan fingerprint density at radius 3 is 2.92 bits per heavy atom. The van der Waals surface area contributed by atoms with Gasteiger partial charge in [-0.1, -0.05) is 26.8 Å². The van der Waals surface area contributed by atoms with Gasteiger partial charge in [-0.15, -0.1) is 5.10 Å². The van der Waals surface area contributed by atoms with Crippen LogP contribution < -0.4 is 5.32 Å². The summed E-state index contributed by atoms with van der Waals surface area (Å²) in [5.41, 5.74) is 1.76. The zero-order valence-electron chi connectivity index (χ0n) is 14.4. The topological polar surface area (TPSA) is 75.9 Å². The van der Waals surface area contributed by atoms with Gasteiger partial charge >= 0.3 is 0 Å². The van der Waals surface area contributed by atoms with E-state index in [0.717, 1.165) is 37.3 Å². The van der Waals surface area contributed by atoms with Crippen LogP contribution in [0.4, 0.5) is 5.69 Å². The maximum absolute atomic E-state index is 12.7. The molecule has 2 heterocycles. The first-order valence-electron chi connectivity index (χ1n) is 8.31. The molecule has 1 aliphatic heterocycles. The second-order valence-electron chi connectivity index (χ2n) is 7.48. The maximum atomic E-state index is 12.7. The normalized spacial score (nSPS) is 18.7. The van der Waals surface area contributed by atoms with E-state index >= 15 is 0 Å². The van der Waals surface area contributed by atoms with Gasteiger partial charge in [0.05, 0.1) is 11.7 Å². The average Bonchev–Trinajstić information content (AvgIpc) is 3.17. The standard InChI is InChI=1S/C17H24N6O/c1-17(2,3)11-22-9-5-8-15(22)16(24)19-13-6-4-7-14(10-13)23-12-18-20-21-23/h4,6-7,10,12,15H,5,8-9,11H2,1-3H3,(H,19,24). The molecule has 1 aromatic heterocycles. The van der Waals surface area contributed by atoms with Crippen LogP contribution in [-0.4, -0.2) is 50.1 Å². The third-order valence-corrected chi connectivity index (χ3v) is 4.07. The zero-order valence-corrected chi connectivity index (χ0v) is 14.4. The molecule has 0 aliphatic carbocycles. The second kappa shape index (κ2) is 6.68. The molecule has 1 saturated heterocycles. The number of amides is 1. The van der Waals surface area contributed by atoms with Crippen molar-refractivity contribution in [1.29, 1.82) is 0 Å². The van der Waals surface area contributed by atoms with Crippen molar-refractivity contribution in [3.05, 3.63) is 30.6 Å². The lowest BCUT2D eigenvalue weighted by Gasteiger charge is -2.30. The van der Waals surface area contributed by atoms with Crippen molar-refractivity contribution >= 4 is 11.6 Å². The summed E-state index contributed by atoms with van der Waals surface area (Å²) in [5, 5.41) is 14.2. The summed E-state index contributed by atoms with van der Waals surface area (Å²) in [6.45, 7) is 8.53. The van der Waals surface area contributed by atoms with Gasteiger partial charge in [0, 0.05) is 12.2 Å². The molecule has 128 valence electrons. The van der Waals surface area contributed by atoms with Gasteiger partial charge in [0.2, 0.25) is 5.91 Å². The summed E-state index contributed by atoms with van der Waals surface area (Å²) >= 11 is 0. The Morgan fingerprint density at radius 2 is 2.21 bits per heavy atom. The van der Waals surface area contributed by atoms with Gasteiger partial charge in [-0.05, 0) is 53.4 Å².